The van der Waals surface area contributed by atoms with Crippen molar-refractivity contribution in [2.75, 3.05) is 24.5 Å². The van der Waals surface area contributed by atoms with E-state index in [1.807, 2.05) is 23.1 Å². The monoisotopic (exact) mass is 451 g/mol. The first kappa shape index (κ1) is 23.0. The molecule has 7 heteroatoms. The van der Waals surface area contributed by atoms with E-state index in [-0.39, 0.29) is 36.0 Å². The van der Waals surface area contributed by atoms with Crippen LogP contribution in [0.2, 0.25) is 0 Å². The van der Waals surface area contributed by atoms with Gasteiger partial charge in [0.15, 0.2) is 0 Å². The van der Waals surface area contributed by atoms with E-state index in [1.165, 1.54) is 6.07 Å². The number of carbonyl (C=O) groups is 3. The molecule has 2 fully saturated rings. The molecule has 2 aromatic rings. The fourth-order valence-electron chi connectivity index (χ4n) is 4.65. The number of nitrogens with zero attached hydrogens (tertiary/aromatic N) is 2. The van der Waals surface area contributed by atoms with Gasteiger partial charge in [-0.25, -0.2) is 4.39 Å². The summed E-state index contributed by atoms with van der Waals surface area (Å²) in [6, 6.07) is 13.7. The van der Waals surface area contributed by atoms with Crippen molar-refractivity contribution >= 4 is 23.4 Å². The predicted octanol–water partition coefficient (Wildman–Crippen LogP) is 3.90. The largest absolute Gasteiger partial charge is 0.352 e. The van der Waals surface area contributed by atoms with Gasteiger partial charge in [-0.15, -0.1) is 0 Å². The van der Waals surface area contributed by atoms with Gasteiger partial charge in [0.05, 0.1) is 0 Å². The minimum Gasteiger partial charge on any atom is -0.352 e. The molecule has 2 aliphatic rings. The van der Waals surface area contributed by atoms with E-state index in [2.05, 4.69) is 5.32 Å². The lowest BCUT2D eigenvalue weighted by Gasteiger charge is -2.33. The van der Waals surface area contributed by atoms with Crippen LogP contribution < -0.4 is 10.2 Å². The third-order valence-electron chi connectivity index (χ3n) is 6.50. The normalized spacial score (nSPS) is 18.5. The summed E-state index contributed by atoms with van der Waals surface area (Å²) in [6.45, 7) is 2.19. The minimum atomic E-state index is -0.322. The number of anilines is 1. The van der Waals surface area contributed by atoms with Crippen molar-refractivity contribution in [3.63, 3.8) is 0 Å². The van der Waals surface area contributed by atoms with Crippen molar-refractivity contribution in [1.29, 1.82) is 0 Å². The highest BCUT2D eigenvalue weighted by molar-refractivity contribution is 5.99. The van der Waals surface area contributed by atoms with E-state index >= 15 is 0 Å². The number of rotatable bonds is 7. The lowest BCUT2D eigenvalue weighted by Crippen LogP contribution is -2.40. The lowest BCUT2D eigenvalue weighted by atomic mass is 9.92. The Balaban J connectivity index is 1.28. The summed E-state index contributed by atoms with van der Waals surface area (Å²) in [5.41, 5.74) is 1.84. The van der Waals surface area contributed by atoms with E-state index in [0.29, 0.717) is 50.0 Å². The summed E-state index contributed by atoms with van der Waals surface area (Å²) in [4.78, 5) is 41.0. The number of piperidine rings is 1. The zero-order chi connectivity index (χ0) is 23.2. The van der Waals surface area contributed by atoms with Crippen LogP contribution in [0.1, 0.15) is 54.4 Å². The Morgan fingerprint density at radius 1 is 1.06 bits per heavy atom. The molecule has 4 rings (SSSR count). The molecule has 0 bridgehead atoms. The van der Waals surface area contributed by atoms with Crippen molar-refractivity contribution in [3.05, 3.63) is 65.5 Å². The summed E-state index contributed by atoms with van der Waals surface area (Å²) in [6.07, 6.45) is 4.33. The molecule has 33 heavy (non-hydrogen) atoms. The number of carbonyl (C=O) groups excluding carboxylic acids is 3. The van der Waals surface area contributed by atoms with E-state index in [0.717, 1.165) is 24.9 Å². The van der Waals surface area contributed by atoms with Crippen molar-refractivity contribution in [3.8, 4) is 0 Å². The highest BCUT2D eigenvalue weighted by Crippen LogP contribution is 2.25. The second-order valence-electron chi connectivity index (χ2n) is 8.87. The highest BCUT2D eigenvalue weighted by Gasteiger charge is 2.26. The van der Waals surface area contributed by atoms with Gasteiger partial charge in [-0.05, 0) is 55.9 Å². The van der Waals surface area contributed by atoms with Crippen LogP contribution in [0.4, 0.5) is 10.1 Å². The van der Waals surface area contributed by atoms with E-state index in [4.69, 9.17) is 0 Å². The Kier molecular flexibility index (Phi) is 7.37. The maximum absolute atomic E-state index is 13.7. The molecule has 0 aliphatic carbocycles. The Hall–Kier alpha value is -3.22. The Bertz CT molecular complexity index is 1030. The molecule has 0 unspecified atom stereocenters. The second-order valence-corrected chi connectivity index (χ2v) is 8.87. The average Bonchev–Trinajstić information content (AvgIpc) is 3.28. The number of halogens is 1. The third-order valence-corrected chi connectivity index (χ3v) is 6.50. The number of likely N-dealkylation sites (tertiary alicyclic amines) is 1. The molecule has 3 amide bonds. The molecule has 0 saturated carbocycles. The van der Waals surface area contributed by atoms with Gasteiger partial charge < -0.3 is 15.1 Å². The van der Waals surface area contributed by atoms with Gasteiger partial charge in [-0.3, -0.25) is 14.4 Å². The first-order valence-electron chi connectivity index (χ1n) is 11.7. The number of hydrogen-bond donors (Lipinski definition) is 1. The van der Waals surface area contributed by atoms with Crippen molar-refractivity contribution < 1.29 is 18.8 Å². The fourth-order valence-corrected chi connectivity index (χ4v) is 4.65. The van der Waals surface area contributed by atoms with Gasteiger partial charge in [0, 0.05) is 55.8 Å². The third kappa shape index (κ3) is 5.78. The van der Waals surface area contributed by atoms with Gasteiger partial charge in [0.2, 0.25) is 11.8 Å². The van der Waals surface area contributed by atoms with Gasteiger partial charge in [0.25, 0.3) is 5.91 Å². The van der Waals surface area contributed by atoms with Gasteiger partial charge in [-0.1, -0.05) is 24.3 Å². The van der Waals surface area contributed by atoms with Gasteiger partial charge >= 0.3 is 0 Å². The van der Waals surface area contributed by atoms with Crippen LogP contribution in [0.5, 0.6) is 0 Å². The van der Waals surface area contributed by atoms with Crippen molar-refractivity contribution in [2.24, 2.45) is 5.92 Å². The SMILES string of the molecule is O=C(CC[C@H]1CCCN(C(=O)c2cccc(N3CCCC3=O)c2)C1)NCc1ccccc1F. The molecule has 1 atom stereocenters. The highest BCUT2D eigenvalue weighted by atomic mass is 19.1. The molecule has 6 nitrogen and oxygen atoms in total. The fraction of sp³-hybridized carbons (Fsp3) is 0.423. The predicted molar refractivity (Wildman–Crippen MR) is 124 cm³/mol. The van der Waals surface area contributed by atoms with Crippen LogP contribution in [0, 0.1) is 11.7 Å². The van der Waals surface area contributed by atoms with Crippen LogP contribution in [0.25, 0.3) is 0 Å². The summed E-state index contributed by atoms with van der Waals surface area (Å²) < 4.78 is 13.7. The number of hydrogen-bond acceptors (Lipinski definition) is 3. The Morgan fingerprint density at radius 3 is 2.70 bits per heavy atom. The van der Waals surface area contributed by atoms with Crippen LogP contribution in [0.3, 0.4) is 0 Å². The Labute approximate surface area is 193 Å². The van der Waals surface area contributed by atoms with Crippen LogP contribution >= 0.6 is 0 Å². The molecule has 0 spiro atoms. The molecule has 1 N–H and O–H groups in total. The average molecular weight is 452 g/mol. The van der Waals surface area contributed by atoms with Crippen molar-refractivity contribution in [1.82, 2.24) is 10.2 Å². The number of benzene rings is 2. The lowest BCUT2D eigenvalue weighted by molar-refractivity contribution is -0.121. The molecular formula is C26H30FN3O3. The maximum Gasteiger partial charge on any atom is 0.253 e. The van der Waals surface area contributed by atoms with Crippen molar-refractivity contribution in [2.45, 2.75) is 45.1 Å². The quantitative estimate of drug-likeness (QED) is 0.694. The van der Waals surface area contributed by atoms with Gasteiger partial charge in [-0.2, -0.15) is 0 Å². The molecule has 174 valence electrons. The number of amides is 3. The molecular weight excluding hydrogens is 421 g/mol. The van der Waals surface area contributed by atoms with E-state index in [1.54, 1.807) is 29.2 Å². The van der Waals surface area contributed by atoms with E-state index in [9.17, 15) is 18.8 Å². The van der Waals surface area contributed by atoms with Crippen LogP contribution in [-0.2, 0) is 16.1 Å². The molecule has 2 saturated heterocycles. The van der Waals surface area contributed by atoms with E-state index < -0.39 is 0 Å². The minimum absolute atomic E-state index is 0.0304. The first-order valence-corrected chi connectivity index (χ1v) is 11.7. The first-order chi connectivity index (χ1) is 16.0. The maximum atomic E-state index is 13.7. The van der Waals surface area contributed by atoms with Crippen LogP contribution in [-0.4, -0.2) is 42.3 Å². The summed E-state index contributed by atoms with van der Waals surface area (Å²) >= 11 is 0. The molecule has 0 radical (unpaired) electrons. The second kappa shape index (κ2) is 10.6. The van der Waals surface area contributed by atoms with Crippen LogP contribution in [0.15, 0.2) is 48.5 Å². The summed E-state index contributed by atoms with van der Waals surface area (Å²) in [5, 5.41) is 2.78. The molecule has 2 aliphatic heterocycles. The molecule has 2 aromatic carbocycles. The zero-order valence-electron chi connectivity index (χ0n) is 18.8. The smallest absolute Gasteiger partial charge is 0.253 e. The number of nitrogens with one attached hydrogen (secondary N) is 1. The Morgan fingerprint density at radius 2 is 1.91 bits per heavy atom. The summed E-state index contributed by atoms with van der Waals surface area (Å²) in [5.74, 6) is -0.101. The molecule has 0 aromatic heterocycles. The standard InChI is InChI=1S/C26H30FN3O3/c27-23-10-2-1-7-21(23)17-28-24(31)13-12-19-6-4-14-29(18-19)26(33)20-8-3-9-22(16-20)30-15-5-11-25(30)32/h1-3,7-10,16,19H,4-6,11-15,17-18H2,(H,28,31)/t19-/m1/s1. The zero-order valence-corrected chi connectivity index (χ0v) is 18.8. The van der Waals surface area contributed by atoms with Gasteiger partial charge in [0.1, 0.15) is 5.82 Å². The molecule has 2 heterocycles. The topological polar surface area (TPSA) is 69.7 Å². The summed E-state index contributed by atoms with van der Waals surface area (Å²) in [7, 11) is 0.